The number of nitrogens with one attached hydrogen (secondary N) is 1. The number of hydrogen-bond acceptors (Lipinski definition) is 6. The molecule has 3 N–H and O–H groups in total. The number of nitrogens with zero attached hydrogens (tertiary/aromatic N) is 4. The van der Waals surface area contributed by atoms with E-state index in [0.717, 1.165) is 5.52 Å². The molecule has 1 saturated heterocycles. The summed E-state index contributed by atoms with van der Waals surface area (Å²) in [6.45, 7) is 2.63. The topological polar surface area (TPSA) is 98.2 Å². The molecule has 0 saturated carbocycles. The van der Waals surface area contributed by atoms with E-state index < -0.39 is 11.7 Å². The van der Waals surface area contributed by atoms with Crippen molar-refractivity contribution in [1.82, 2.24) is 19.9 Å². The average molecular weight is 249 g/mol. The van der Waals surface area contributed by atoms with E-state index in [9.17, 15) is 10.2 Å². The molecule has 1 aliphatic heterocycles. The van der Waals surface area contributed by atoms with Gasteiger partial charge in [0.15, 0.2) is 11.5 Å². The molecule has 3 heterocycles. The average Bonchev–Trinajstić information content (AvgIpc) is 2.80. The first-order chi connectivity index (χ1) is 8.58. The zero-order valence-corrected chi connectivity index (χ0v) is 10.0. The van der Waals surface area contributed by atoms with Gasteiger partial charge in [-0.2, -0.15) is 0 Å². The molecule has 0 unspecified atom stereocenters. The van der Waals surface area contributed by atoms with Gasteiger partial charge in [0.2, 0.25) is 0 Å². The Kier molecular flexibility index (Phi) is 2.46. The van der Waals surface area contributed by atoms with Gasteiger partial charge in [0.1, 0.15) is 11.8 Å². The van der Waals surface area contributed by atoms with Gasteiger partial charge < -0.3 is 20.1 Å². The maximum Gasteiger partial charge on any atom is 0.182 e. The second-order valence-electron chi connectivity index (χ2n) is 4.87. The van der Waals surface area contributed by atoms with Gasteiger partial charge in [-0.05, 0) is 13.3 Å². The second kappa shape index (κ2) is 3.89. The zero-order valence-electron chi connectivity index (χ0n) is 10.0. The first kappa shape index (κ1) is 11.4. The third kappa shape index (κ3) is 1.72. The predicted octanol–water partition coefficient (Wildman–Crippen LogP) is -0.325. The monoisotopic (exact) mass is 249 g/mol. The highest BCUT2D eigenvalue weighted by atomic mass is 16.3. The maximum atomic E-state index is 9.95. The van der Waals surface area contributed by atoms with Crippen molar-refractivity contribution in [3.05, 3.63) is 12.7 Å². The Morgan fingerprint density at radius 3 is 3.06 bits per heavy atom. The number of aliphatic hydroxyl groups excluding tert-OH is 1. The highest BCUT2D eigenvalue weighted by Crippen LogP contribution is 2.27. The molecule has 1 fully saturated rings. The lowest BCUT2D eigenvalue weighted by atomic mass is 9.91. The van der Waals surface area contributed by atoms with Gasteiger partial charge in [-0.15, -0.1) is 0 Å². The molecule has 7 heteroatoms. The first-order valence-electron chi connectivity index (χ1n) is 5.87. The Labute approximate surface area is 104 Å². The van der Waals surface area contributed by atoms with Crippen molar-refractivity contribution in [3.63, 3.8) is 0 Å². The second-order valence-corrected chi connectivity index (χ2v) is 4.87. The minimum atomic E-state index is -1.03. The number of fused-ring (bicyclic) bond motifs is 1. The fourth-order valence-corrected chi connectivity index (χ4v) is 2.21. The smallest absolute Gasteiger partial charge is 0.182 e. The van der Waals surface area contributed by atoms with E-state index in [4.69, 9.17) is 0 Å². The fourth-order valence-electron chi connectivity index (χ4n) is 2.21. The molecule has 0 amide bonds. The third-order valence-corrected chi connectivity index (χ3v) is 3.50. The van der Waals surface area contributed by atoms with Crippen LogP contribution in [-0.2, 0) is 0 Å². The standard InChI is InChI=1S/C11H15N5O2/c1-11(18)2-3-16(4-7(11)17)10-8-9(13-5-12-8)14-6-15-10/h5-7,17-18H,2-4H2,1H3,(H,12,13,14,15)/t7-,11-/m0/s1. The van der Waals surface area contributed by atoms with E-state index in [1.54, 1.807) is 13.3 Å². The molecule has 18 heavy (non-hydrogen) atoms. The van der Waals surface area contributed by atoms with Crippen LogP contribution in [0, 0.1) is 0 Å². The quantitative estimate of drug-likeness (QED) is 0.640. The Bertz CT molecular complexity index is 567. The van der Waals surface area contributed by atoms with Gasteiger partial charge in [-0.3, -0.25) is 0 Å². The summed E-state index contributed by atoms with van der Waals surface area (Å²) in [5.41, 5.74) is 0.328. The summed E-state index contributed by atoms with van der Waals surface area (Å²) in [5.74, 6) is 0.715. The van der Waals surface area contributed by atoms with Crippen LogP contribution in [-0.4, -0.2) is 54.9 Å². The molecule has 2 aromatic heterocycles. The van der Waals surface area contributed by atoms with Gasteiger partial charge in [-0.1, -0.05) is 0 Å². The number of anilines is 1. The summed E-state index contributed by atoms with van der Waals surface area (Å²) >= 11 is 0. The van der Waals surface area contributed by atoms with Crippen LogP contribution in [0.25, 0.3) is 11.2 Å². The van der Waals surface area contributed by atoms with Crippen LogP contribution >= 0.6 is 0 Å². The molecule has 7 nitrogen and oxygen atoms in total. The van der Waals surface area contributed by atoms with Crippen LogP contribution in [0.15, 0.2) is 12.7 Å². The van der Waals surface area contributed by atoms with Gasteiger partial charge in [0.05, 0.1) is 18.0 Å². The summed E-state index contributed by atoms with van der Waals surface area (Å²) in [7, 11) is 0. The highest BCUT2D eigenvalue weighted by Gasteiger charge is 2.37. The summed E-state index contributed by atoms with van der Waals surface area (Å²) < 4.78 is 0. The lowest BCUT2D eigenvalue weighted by molar-refractivity contribution is -0.0722. The number of piperidine rings is 1. The Morgan fingerprint density at radius 2 is 2.28 bits per heavy atom. The largest absolute Gasteiger partial charge is 0.388 e. The summed E-state index contributed by atoms with van der Waals surface area (Å²) in [6.07, 6.45) is 2.73. The molecule has 2 aromatic rings. The van der Waals surface area contributed by atoms with E-state index in [-0.39, 0.29) is 0 Å². The number of aromatic nitrogens is 4. The molecule has 0 radical (unpaired) electrons. The SMILES string of the molecule is C[C@]1(O)CCN(c2ncnc3nc[nH]c23)C[C@@H]1O. The molecule has 0 spiro atoms. The third-order valence-electron chi connectivity index (χ3n) is 3.50. The lowest BCUT2D eigenvalue weighted by Crippen LogP contribution is -2.54. The van der Waals surface area contributed by atoms with Crippen molar-refractivity contribution in [2.75, 3.05) is 18.0 Å². The number of β-amino-alcohol motifs (C(OH)–C–C–N with tert-alkyl or cyclic N) is 1. The molecule has 3 rings (SSSR count). The van der Waals surface area contributed by atoms with Crippen molar-refractivity contribution in [2.45, 2.75) is 25.0 Å². The number of aromatic amines is 1. The Balaban J connectivity index is 1.94. The van der Waals surface area contributed by atoms with Crippen molar-refractivity contribution in [3.8, 4) is 0 Å². The van der Waals surface area contributed by atoms with Crippen molar-refractivity contribution in [2.24, 2.45) is 0 Å². The summed E-state index contributed by atoms with van der Waals surface area (Å²) in [4.78, 5) is 17.3. The van der Waals surface area contributed by atoms with E-state index in [0.29, 0.717) is 31.0 Å². The van der Waals surface area contributed by atoms with E-state index in [1.165, 1.54) is 6.33 Å². The zero-order chi connectivity index (χ0) is 12.8. The Morgan fingerprint density at radius 1 is 1.44 bits per heavy atom. The van der Waals surface area contributed by atoms with Gasteiger partial charge in [0, 0.05) is 13.1 Å². The lowest BCUT2D eigenvalue weighted by Gasteiger charge is -2.40. The first-order valence-corrected chi connectivity index (χ1v) is 5.87. The molecular weight excluding hydrogens is 234 g/mol. The van der Waals surface area contributed by atoms with Gasteiger partial charge >= 0.3 is 0 Å². The molecule has 1 aliphatic rings. The van der Waals surface area contributed by atoms with Gasteiger partial charge in [0.25, 0.3) is 0 Å². The molecular formula is C11H15N5O2. The van der Waals surface area contributed by atoms with E-state index >= 15 is 0 Å². The fraction of sp³-hybridized carbons (Fsp3) is 0.545. The van der Waals surface area contributed by atoms with Crippen LogP contribution < -0.4 is 4.90 Å². The molecule has 0 aliphatic carbocycles. The Hall–Kier alpha value is -1.73. The molecule has 2 atom stereocenters. The highest BCUT2D eigenvalue weighted by molar-refractivity contribution is 5.82. The molecule has 96 valence electrons. The number of imidazole rings is 1. The van der Waals surface area contributed by atoms with Gasteiger partial charge in [-0.25, -0.2) is 15.0 Å². The van der Waals surface area contributed by atoms with Crippen molar-refractivity contribution < 1.29 is 10.2 Å². The van der Waals surface area contributed by atoms with Crippen LogP contribution in [0.2, 0.25) is 0 Å². The number of rotatable bonds is 1. The van der Waals surface area contributed by atoms with Crippen LogP contribution in [0.1, 0.15) is 13.3 Å². The van der Waals surface area contributed by atoms with E-state index in [1.807, 2.05) is 4.90 Å². The minimum absolute atomic E-state index is 0.345. The van der Waals surface area contributed by atoms with Crippen LogP contribution in [0.5, 0.6) is 0 Å². The molecule has 0 bridgehead atoms. The van der Waals surface area contributed by atoms with Crippen LogP contribution in [0.3, 0.4) is 0 Å². The number of aliphatic hydroxyl groups is 2. The van der Waals surface area contributed by atoms with E-state index in [2.05, 4.69) is 19.9 Å². The normalized spacial score (nSPS) is 28.8. The predicted molar refractivity (Wildman–Crippen MR) is 65.1 cm³/mol. The van der Waals surface area contributed by atoms with Crippen LogP contribution in [0.4, 0.5) is 5.82 Å². The number of hydrogen-bond donors (Lipinski definition) is 3. The van der Waals surface area contributed by atoms with Crippen molar-refractivity contribution in [1.29, 1.82) is 0 Å². The number of H-pyrrole nitrogens is 1. The minimum Gasteiger partial charge on any atom is -0.388 e. The summed E-state index contributed by atoms with van der Waals surface area (Å²) in [6, 6.07) is 0. The summed E-state index contributed by atoms with van der Waals surface area (Å²) in [5, 5.41) is 19.9. The maximum absolute atomic E-state index is 9.95. The van der Waals surface area contributed by atoms with Crippen molar-refractivity contribution >= 4 is 17.0 Å². The molecule has 0 aromatic carbocycles.